The van der Waals surface area contributed by atoms with E-state index in [1.54, 1.807) is 19.1 Å². The third kappa shape index (κ3) is 2.11. The molecule has 13 heavy (non-hydrogen) atoms. The van der Waals surface area contributed by atoms with E-state index in [1.165, 1.54) is 0 Å². The number of benzene rings is 1. The summed E-state index contributed by atoms with van der Waals surface area (Å²) >= 11 is 5.69. The van der Waals surface area contributed by atoms with Crippen LogP contribution >= 0.6 is 11.6 Å². The maximum Gasteiger partial charge on any atom is 0.139 e. The number of phenolic OH excluding ortho intramolecular Hbond substituents is 1. The predicted octanol–water partition coefficient (Wildman–Crippen LogP) is 2.32. The second-order valence-corrected chi connectivity index (χ2v) is 3.35. The molecule has 0 amide bonds. The van der Waals surface area contributed by atoms with E-state index in [9.17, 15) is 9.50 Å². The van der Waals surface area contributed by atoms with E-state index in [0.29, 0.717) is 5.56 Å². The van der Waals surface area contributed by atoms with Crippen molar-refractivity contribution in [3.05, 3.63) is 28.3 Å². The average Bonchev–Trinajstić information content (AvgIpc) is 2.10. The highest BCUT2D eigenvalue weighted by atomic mass is 35.5. The minimum absolute atomic E-state index is 0.127. The van der Waals surface area contributed by atoms with Gasteiger partial charge in [0, 0.05) is 5.56 Å². The van der Waals surface area contributed by atoms with Crippen molar-refractivity contribution in [2.75, 3.05) is 6.67 Å². The minimum Gasteiger partial charge on any atom is -0.506 e. The summed E-state index contributed by atoms with van der Waals surface area (Å²) in [5.74, 6) is -0.127. The molecule has 2 nitrogen and oxygen atoms in total. The maximum absolute atomic E-state index is 12.2. The lowest BCUT2D eigenvalue weighted by Crippen LogP contribution is -2.12. The predicted molar refractivity (Wildman–Crippen MR) is 50.8 cm³/mol. The second kappa shape index (κ2) is 3.94. The zero-order chi connectivity index (χ0) is 10.0. The molecule has 0 spiro atoms. The summed E-state index contributed by atoms with van der Waals surface area (Å²) in [6.07, 6.45) is 0. The number of halogens is 2. The minimum atomic E-state index is -0.808. The molecule has 0 saturated heterocycles. The molecule has 0 aliphatic rings. The zero-order valence-corrected chi connectivity index (χ0v) is 7.98. The van der Waals surface area contributed by atoms with Gasteiger partial charge in [0.1, 0.15) is 12.4 Å². The number of nitrogens with two attached hydrogens (primary N) is 1. The zero-order valence-electron chi connectivity index (χ0n) is 7.22. The first-order chi connectivity index (χ1) is 6.06. The molecular weight excluding hydrogens is 193 g/mol. The van der Waals surface area contributed by atoms with Crippen LogP contribution in [0.4, 0.5) is 4.39 Å². The van der Waals surface area contributed by atoms with Gasteiger partial charge in [-0.2, -0.15) is 0 Å². The van der Waals surface area contributed by atoms with Gasteiger partial charge in [-0.3, -0.25) is 0 Å². The van der Waals surface area contributed by atoms with Gasteiger partial charge in [-0.05, 0) is 18.6 Å². The van der Waals surface area contributed by atoms with Crippen molar-refractivity contribution in [2.45, 2.75) is 13.0 Å². The van der Waals surface area contributed by atoms with Gasteiger partial charge in [0.15, 0.2) is 0 Å². The van der Waals surface area contributed by atoms with E-state index < -0.39 is 12.7 Å². The highest BCUT2D eigenvalue weighted by molar-refractivity contribution is 6.32. The molecule has 0 heterocycles. The van der Waals surface area contributed by atoms with Gasteiger partial charge >= 0.3 is 0 Å². The Bertz CT molecular complexity index is 317. The fourth-order valence-electron chi connectivity index (χ4n) is 1.13. The van der Waals surface area contributed by atoms with Crippen molar-refractivity contribution in [3.8, 4) is 5.75 Å². The molecule has 0 saturated carbocycles. The van der Waals surface area contributed by atoms with Crippen molar-refractivity contribution in [3.63, 3.8) is 0 Å². The molecule has 0 aliphatic heterocycles. The molecule has 0 radical (unpaired) electrons. The van der Waals surface area contributed by atoms with Crippen molar-refractivity contribution in [2.24, 2.45) is 5.73 Å². The lowest BCUT2D eigenvalue weighted by Gasteiger charge is -2.11. The van der Waals surface area contributed by atoms with Crippen molar-refractivity contribution < 1.29 is 9.50 Å². The first kappa shape index (κ1) is 10.3. The Labute approximate surface area is 81.1 Å². The van der Waals surface area contributed by atoms with Gasteiger partial charge in [0.05, 0.1) is 11.1 Å². The fourth-order valence-corrected chi connectivity index (χ4v) is 1.41. The number of rotatable bonds is 2. The van der Waals surface area contributed by atoms with Crippen LogP contribution in [0.2, 0.25) is 5.02 Å². The number of hydrogen-bond acceptors (Lipinski definition) is 2. The van der Waals surface area contributed by atoms with E-state index in [2.05, 4.69) is 0 Å². The van der Waals surface area contributed by atoms with Crippen LogP contribution < -0.4 is 5.73 Å². The van der Waals surface area contributed by atoms with E-state index in [4.69, 9.17) is 17.3 Å². The molecule has 4 heteroatoms. The normalized spacial score (nSPS) is 12.9. The first-order valence-electron chi connectivity index (χ1n) is 3.86. The Morgan fingerprint density at radius 1 is 1.62 bits per heavy atom. The van der Waals surface area contributed by atoms with Crippen LogP contribution in [0.5, 0.6) is 5.75 Å². The fraction of sp³-hybridized carbons (Fsp3) is 0.333. The molecule has 1 atom stereocenters. The monoisotopic (exact) mass is 203 g/mol. The lowest BCUT2D eigenvalue weighted by molar-refractivity contribution is 0.414. The third-order valence-electron chi connectivity index (χ3n) is 1.80. The molecule has 1 aromatic carbocycles. The summed E-state index contributed by atoms with van der Waals surface area (Å²) < 4.78 is 12.2. The highest BCUT2D eigenvalue weighted by Crippen LogP contribution is 2.32. The SMILES string of the molecule is Cc1cc(Cl)c(O)c(C(N)CF)c1. The smallest absolute Gasteiger partial charge is 0.139 e. The molecule has 1 unspecified atom stereocenters. The van der Waals surface area contributed by atoms with E-state index in [-0.39, 0.29) is 10.8 Å². The standard InChI is InChI=1S/C9H11ClFNO/c1-5-2-6(8(12)4-11)9(13)7(10)3-5/h2-3,8,13H,4,12H2,1H3. The highest BCUT2D eigenvalue weighted by Gasteiger charge is 2.13. The molecule has 1 aromatic rings. The molecular formula is C9H11ClFNO. The van der Waals surface area contributed by atoms with Crippen LogP contribution in [0.3, 0.4) is 0 Å². The van der Waals surface area contributed by atoms with Crippen molar-refractivity contribution in [1.29, 1.82) is 0 Å². The summed E-state index contributed by atoms with van der Waals surface area (Å²) in [5.41, 5.74) is 6.64. The van der Waals surface area contributed by atoms with E-state index in [1.807, 2.05) is 0 Å². The number of alkyl halides is 1. The van der Waals surface area contributed by atoms with Crippen LogP contribution in [0.25, 0.3) is 0 Å². The molecule has 0 fully saturated rings. The van der Waals surface area contributed by atoms with Gasteiger partial charge in [0.2, 0.25) is 0 Å². The average molecular weight is 204 g/mol. The van der Waals surface area contributed by atoms with E-state index in [0.717, 1.165) is 5.56 Å². The molecule has 0 aromatic heterocycles. The Balaban J connectivity index is 3.20. The summed E-state index contributed by atoms with van der Waals surface area (Å²) in [6, 6.07) is 2.42. The van der Waals surface area contributed by atoms with Crippen LogP contribution in [0.1, 0.15) is 17.2 Å². The van der Waals surface area contributed by atoms with Gasteiger partial charge in [-0.1, -0.05) is 17.7 Å². The third-order valence-corrected chi connectivity index (χ3v) is 2.09. The van der Waals surface area contributed by atoms with Gasteiger partial charge in [-0.25, -0.2) is 4.39 Å². The van der Waals surface area contributed by atoms with Gasteiger partial charge in [0.25, 0.3) is 0 Å². The maximum atomic E-state index is 12.2. The van der Waals surface area contributed by atoms with Crippen molar-refractivity contribution in [1.82, 2.24) is 0 Å². The number of phenols is 1. The van der Waals surface area contributed by atoms with E-state index >= 15 is 0 Å². The molecule has 0 bridgehead atoms. The summed E-state index contributed by atoms with van der Waals surface area (Å²) in [7, 11) is 0. The molecule has 72 valence electrons. The lowest BCUT2D eigenvalue weighted by atomic mass is 10.0. The summed E-state index contributed by atoms with van der Waals surface area (Å²) in [4.78, 5) is 0. The topological polar surface area (TPSA) is 46.2 Å². The molecule has 3 N–H and O–H groups in total. The molecule has 1 rings (SSSR count). The van der Waals surface area contributed by atoms with Crippen molar-refractivity contribution >= 4 is 11.6 Å². The van der Waals surface area contributed by atoms with Crippen LogP contribution in [0.15, 0.2) is 12.1 Å². The van der Waals surface area contributed by atoms with Gasteiger partial charge < -0.3 is 10.8 Å². The quantitative estimate of drug-likeness (QED) is 0.775. The summed E-state index contributed by atoms with van der Waals surface area (Å²) in [5, 5.41) is 9.65. The van der Waals surface area contributed by atoms with Crippen LogP contribution in [-0.4, -0.2) is 11.8 Å². The largest absolute Gasteiger partial charge is 0.506 e. The Morgan fingerprint density at radius 3 is 2.77 bits per heavy atom. The van der Waals surface area contributed by atoms with Crippen LogP contribution in [0, 0.1) is 6.92 Å². The molecule has 0 aliphatic carbocycles. The second-order valence-electron chi connectivity index (χ2n) is 2.95. The Morgan fingerprint density at radius 2 is 2.23 bits per heavy atom. The number of aromatic hydroxyl groups is 1. The number of hydrogen-bond donors (Lipinski definition) is 2. The number of aryl methyl sites for hydroxylation is 1. The Kier molecular flexibility index (Phi) is 3.12. The van der Waals surface area contributed by atoms with Gasteiger partial charge in [-0.15, -0.1) is 0 Å². The summed E-state index contributed by atoms with van der Waals surface area (Å²) in [6.45, 7) is 1.09. The van der Waals surface area contributed by atoms with Crippen LogP contribution in [-0.2, 0) is 0 Å². The first-order valence-corrected chi connectivity index (χ1v) is 4.24. The Hall–Kier alpha value is -0.800.